The third-order valence-corrected chi connectivity index (χ3v) is 3.23. The molecule has 1 aliphatic heterocycles. The molecule has 4 nitrogen and oxygen atoms in total. The minimum atomic E-state index is -0.398. The normalized spacial score (nSPS) is 19.3. The number of rotatable bonds is 4. The Morgan fingerprint density at radius 3 is 3.05 bits per heavy atom. The Balaban J connectivity index is 1.79. The first-order valence-electron chi connectivity index (χ1n) is 6.56. The second kappa shape index (κ2) is 6.52. The third kappa shape index (κ3) is 3.67. The van der Waals surface area contributed by atoms with Gasteiger partial charge in [-0.25, -0.2) is 4.39 Å². The number of nitrogens with zero attached hydrogens (tertiary/aromatic N) is 1. The highest BCUT2D eigenvalue weighted by Gasteiger charge is 2.22. The molecule has 0 aromatic heterocycles. The SMILES string of the molecule is C[C@@H]1CNCCN1C(=O)CCOc1ccccc1F. The molecular weight excluding hydrogens is 247 g/mol. The Morgan fingerprint density at radius 2 is 2.32 bits per heavy atom. The Hall–Kier alpha value is -1.62. The first-order valence-corrected chi connectivity index (χ1v) is 6.56. The highest BCUT2D eigenvalue weighted by atomic mass is 19.1. The fourth-order valence-electron chi connectivity index (χ4n) is 2.17. The van der Waals surface area contributed by atoms with E-state index in [1.54, 1.807) is 18.2 Å². The number of carbonyl (C=O) groups is 1. The molecule has 1 N–H and O–H groups in total. The molecule has 0 bridgehead atoms. The van der Waals surface area contributed by atoms with Crippen molar-refractivity contribution in [3.05, 3.63) is 30.1 Å². The largest absolute Gasteiger partial charge is 0.490 e. The molecule has 0 radical (unpaired) electrons. The second-order valence-corrected chi connectivity index (χ2v) is 4.67. The molecule has 2 rings (SSSR count). The standard InChI is InChI=1S/C14H19FN2O2/c1-11-10-16-7-8-17(11)14(18)6-9-19-13-5-3-2-4-12(13)15/h2-5,11,16H,6-10H2,1H3/t11-/m1/s1. The van der Waals surface area contributed by atoms with Gasteiger partial charge in [0.05, 0.1) is 13.0 Å². The van der Waals surface area contributed by atoms with Gasteiger partial charge >= 0.3 is 0 Å². The number of nitrogens with one attached hydrogen (secondary N) is 1. The minimum absolute atomic E-state index is 0.0605. The molecule has 1 aliphatic rings. The van der Waals surface area contributed by atoms with Crippen LogP contribution < -0.4 is 10.1 Å². The highest BCUT2D eigenvalue weighted by molar-refractivity contribution is 5.76. The summed E-state index contributed by atoms with van der Waals surface area (Å²) in [6.45, 7) is 4.59. The predicted octanol–water partition coefficient (Wildman–Crippen LogP) is 1.41. The lowest BCUT2D eigenvalue weighted by atomic mass is 10.2. The summed E-state index contributed by atoms with van der Waals surface area (Å²) < 4.78 is 18.6. The predicted molar refractivity (Wildman–Crippen MR) is 70.6 cm³/mol. The van der Waals surface area contributed by atoms with Crippen LogP contribution in [0.3, 0.4) is 0 Å². The molecule has 0 aliphatic carbocycles. The van der Waals surface area contributed by atoms with Gasteiger partial charge in [0.1, 0.15) is 0 Å². The van der Waals surface area contributed by atoms with E-state index in [1.165, 1.54) is 6.07 Å². The van der Waals surface area contributed by atoms with Gasteiger partial charge in [0.25, 0.3) is 0 Å². The quantitative estimate of drug-likeness (QED) is 0.896. The molecule has 1 aromatic carbocycles. The van der Waals surface area contributed by atoms with Crippen LogP contribution in [-0.2, 0) is 4.79 Å². The van der Waals surface area contributed by atoms with Crippen molar-refractivity contribution < 1.29 is 13.9 Å². The first-order chi connectivity index (χ1) is 9.18. The van der Waals surface area contributed by atoms with E-state index in [0.717, 1.165) is 19.6 Å². The van der Waals surface area contributed by atoms with Gasteiger partial charge in [0, 0.05) is 25.7 Å². The summed E-state index contributed by atoms with van der Waals surface area (Å²) in [5, 5.41) is 3.23. The lowest BCUT2D eigenvalue weighted by Gasteiger charge is -2.34. The zero-order valence-corrected chi connectivity index (χ0v) is 11.1. The molecule has 104 valence electrons. The molecule has 1 saturated heterocycles. The van der Waals surface area contributed by atoms with Crippen molar-refractivity contribution in [3.8, 4) is 5.75 Å². The van der Waals surface area contributed by atoms with E-state index in [4.69, 9.17) is 4.74 Å². The molecule has 0 saturated carbocycles. The lowest BCUT2D eigenvalue weighted by Crippen LogP contribution is -2.52. The summed E-state index contributed by atoms with van der Waals surface area (Å²) in [4.78, 5) is 13.9. The third-order valence-electron chi connectivity index (χ3n) is 3.23. The number of hydrogen-bond acceptors (Lipinski definition) is 3. The molecular formula is C14H19FN2O2. The van der Waals surface area contributed by atoms with Crippen molar-refractivity contribution in [1.29, 1.82) is 0 Å². The van der Waals surface area contributed by atoms with E-state index in [-0.39, 0.29) is 30.7 Å². The number of hydrogen-bond donors (Lipinski definition) is 1. The van der Waals surface area contributed by atoms with Crippen LogP contribution in [0.2, 0.25) is 0 Å². The van der Waals surface area contributed by atoms with Gasteiger partial charge in [-0.3, -0.25) is 4.79 Å². The molecule has 5 heteroatoms. The van der Waals surface area contributed by atoms with Crippen LogP contribution >= 0.6 is 0 Å². The summed E-state index contributed by atoms with van der Waals surface area (Å²) in [6.07, 6.45) is 0.276. The van der Waals surface area contributed by atoms with Gasteiger partial charge in [-0.15, -0.1) is 0 Å². The number of ether oxygens (including phenoxy) is 1. The van der Waals surface area contributed by atoms with E-state index < -0.39 is 5.82 Å². The van der Waals surface area contributed by atoms with E-state index in [0.29, 0.717) is 0 Å². The maximum Gasteiger partial charge on any atom is 0.226 e. The van der Waals surface area contributed by atoms with Gasteiger partial charge in [0.15, 0.2) is 11.6 Å². The van der Waals surface area contributed by atoms with Crippen LogP contribution in [0, 0.1) is 5.82 Å². The topological polar surface area (TPSA) is 41.6 Å². The fraction of sp³-hybridized carbons (Fsp3) is 0.500. The number of carbonyl (C=O) groups excluding carboxylic acids is 1. The summed E-state index contributed by atoms with van der Waals surface area (Å²) in [5.74, 6) is -0.139. The van der Waals surface area contributed by atoms with Crippen molar-refractivity contribution in [2.24, 2.45) is 0 Å². The van der Waals surface area contributed by atoms with Crippen molar-refractivity contribution in [3.63, 3.8) is 0 Å². The van der Waals surface area contributed by atoms with Gasteiger partial charge in [-0.1, -0.05) is 12.1 Å². The Labute approximate surface area is 112 Å². The monoisotopic (exact) mass is 266 g/mol. The fourth-order valence-corrected chi connectivity index (χ4v) is 2.17. The second-order valence-electron chi connectivity index (χ2n) is 4.67. The van der Waals surface area contributed by atoms with Gasteiger partial charge in [-0.2, -0.15) is 0 Å². The summed E-state index contributed by atoms with van der Waals surface area (Å²) >= 11 is 0. The van der Waals surface area contributed by atoms with Crippen LogP contribution in [0.15, 0.2) is 24.3 Å². The highest BCUT2D eigenvalue weighted by Crippen LogP contribution is 2.15. The Bertz CT molecular complexity index is 439. The average Bonchev–Trinajstić information content (AvgIpc) is 2.41. The molecule has 1 fully saturated rings. The van der Waals surface area contributed by atoms with Crippen LogP contribution in [0.5, 0.6) is 5.75 Å². The molecule has 1 heterocycles. The maximum atomic E-state index is 13.3. The summed E-state index contributed by atoms with van der Waals surface area (Å²) in [5.41, 5.74) is 0. The lowest BCUT2D eigenvalue weighted by molar-refractivity contribution is -0.134. The number of amides is 1. The van der Waals surface area contributed by atoms with E-state index >= 15 is 0 Å². The molecule has 0 spiro atoms. The summed E-state index contributed by atoms with van der Waals surface area (Å²) in [6, 6.07) is 6.42. The number of piperazine rings is 1. The van der Waals surface area contributed by atoms with Crippen molar-refractivity contribution in [2.75, 3.05) is 26.2 Å². The molecule has 19 heavy (non-hydrogen) atoms. The summed E-state index contributed by atoms with van der Waals surface area (Å²) in [7, 11) is 0. The van der Waals surface area contributed by atoms with Crippen molar-refractivity contribution in [2.45, 2.75) is 19.4 Å². The molecule has 1 atom stereocenters. The van der Waals surface area contributed by atoms with Gasteiger partial charge in [0.2, 0.25) is 5.91 Å². The van der Waals surface area contributed by atoms with E-state index in [1.807, 2.05) is 11.8 Å². The minimum Gasteiger partial charge on any atom is -0.490 e. The average molecular weight is 266 g/mol. The van der Waals surface area contributed by atoms with Gasteiger partial charge < -0.3 is 15.0 Å². The van der Waals surface area contributed by atoms with Crippen LogP contribution in [-0.4, -0.2) is 43.1 Å². The maximum absolute atomic E-state index is 13.3. The Morgan fingerprint density at radius 1 is 1.53 bits per heavy atom. The molecule has 1 aromatic rings. The number of benzene rings is 1. The first kappa shape index (κ1) is 13.8. The van der Waals surface area contributed by atoms with Crippen molar-refractivity contribution >= 4 is 5.91 Å². The molecule has 1 amide bonds. The number of halogens is 1. The van der Waals surface area contributed by atoms with Crippen LogP contribution in [0.1, 0.15) is 13.3 Å². The van der Waals surface area contributed by atoms with Gasteiger partial charge in [-0.05, 0) is 19.1 Å². The smallest absolute Gasteiger partial charge is 0.226 e. The van der Waals surface area contributed by atoms with E-state index in [2.05, 4.69) is 5.32 Å². The van der Waals surface area contributed by atoms with E-state index in [9.17, 15) is 9.18 Å². The van der Waals surface area contributed by atoms with Crippen LogP contribution in [0.25, 0.3) is 0 Å². The Kier molecular flexibility index (Phi) is 4.74. The number of para-hydroxylation sites is 1. The zero-order valence-electron chi connectivity index (χ0n) is 11.1. The zero-order chi connectivity index (χ0) is 13.7. The van der Waals surface area contributed by atoms with Crippen molar-refractivity contribution in [1.82, 2.24) is 10.2 Å². The molecule has 0 unspecified atom stereocenters. The van der Waals surface area contributed by atoms with Crippen LogP contribution in [0.4, 0.5) is 4.39 Å².